The molecule has 2 atom stereocenters. The van der Waals surface area contributed by atoms with Crippen LogP contribution in [0.2, 0.25) is 0 Å². The molecule has 35 heavy (non-hydrogen) atoms. The lowest BCUT2D eigenvalue weighted by Gasteiger charge is -2.26. The number of nitrogens with zero attached hydrogens (tertiary/aromatic N) is 5. The van der Waals surface area contributed by atoms with Crippen LogP contribution in [-0.4, -0.2) is 52.0 Å². The van der Waals surface area contributed by atoms with Crippen molar-refractivity contribution < 1.29 is 13.9 Å². The van der Waals surface area contributed by atoms with Crippen LogP contribution >= 0.6 is 0 Å². The largest absolute Gasteiger partial charge is 0.460 e. The number of ether oxygens (including phenoxy) is 2. The van der Waals surface area contributed by atoms with Gasteiger partial charge < -0.3 is 14.4 Å². The molecule has 1 aliphatic heterocycles. The fourth-order valence-corrected chi connectivity index (χ4v) is 4.62. The van der Waals surface area contributed by atoms with Crippen LogP contribution in [0.5, 0.6) is 5.75 Å². The Morgan fingerprint density at radius 2 is 1.74 bits per heavy atom. The fourth-order valence-electron chi connectivity index (χ4n) is 4.62. The molecule has 0 amide bonds. The molecule has 0 N–H and O–H groups in total. The summed E-state index contributed by atoms with van der Waals surface area (Å²) in [4.78, 5) is 24.2. The van der Waals surface area contributed by atoms with Gasteiger partial charge in [-0.05, 0) is 30.7 Å². The lowest BCUT2D eigenvalue weighted by Crippen LogP contribution is -2.37. The van der Waals surface area contributed by atoms with E-state index in [1.54, 1.807) is 36.3 Å². The molecule has 5 rings (SSSR count). The molecule has 0 spiro atoms. The van der Waals surface area contributed by atoms with Gasteiger partial charge >= 0.3 is 0 Å². The van der Waals surface area contributed by atoms with Crippen LogP contribution in [0.25, 0.3) is 22.0 Å². The van der Waals surface area contributed by atoms with Gasteiger partial charge in [0.1, 0.15) is 5.75 Å². The monoisotopic (exact) mass is 477 g/mol. The van der Waals surface area contributed by atoms with E-state index in [4.69, 9.17) is 9.47 Å². The van der Waals surface area contributed by atoms with E-state index in [2.05, 4.69) is 14.9 Å². The van der Waals surface area contributed by atoms with Crippen molar-refractivity contribution in [2.24, 2.45) is 7.05 Å². The first-order valence-electron chi connectivity index (χ1n) is 11.7. The van der Waals surface area contributed by atoms with Crippen LogP contribution in [0.4, 0.5) is 10.3 Å². The van der Waals surface area contributed by atoms with Crippen LogP contribution in [0.1, 0.15) is 25.5 Å². The third-order valence-corrected chi connectivity index (χ3v) is 6.38. The van der Waals surface area contributed by atoms with E-state index < -0.39 is 6.36 Å². The predicted molar refractivity (Wildman–Crippen MR) is 133 cm³/mol. The summed E-state index contributed by atoms with van der Waals surface area (Å²) < 4.78 is 28.0. The van der Waals surface area contributed by atoms with Crippen molar-refractivity contribution >= 4 is 16.9 Å². The Kier molecular flexibility index (Phi) is 6.25. The third kappa shape index (κ3) is 4.39. The number of para-hydroxylation sites is 1. The number of rotatable bonds is 6. The molecular formula is C26H28FN5O3. The summed E-state index contributed by atoms with van der Waals surface area (Å²) in [6.07, 6.45) is 2.17. The SMILES string of the molecule is CC(F)Oc1ccccc1C(C)n1c2cc(-c3cnc(N4CCOCC4)nc3)ccc2c(=O)n1C. The summed E-state index contributed by atoms with van der Waals surface area (Å²) in [5, 5.41) is 0.603. The van der Waals surface area contributed by atoms with Crippen LogP contribution in [-0.2, 0) is 11.8 Å². The van der Waals surface area contributed by atoms with Gasteiger partial charge in [-0.1, -0.05) is 24.3 Å². The van der Waals surface area contributed by atoms with Crippen molar-refractivity contribution in [3.8, 4) is 16.9 Å². The van der Waals surface area contributed by atoms with Gasteiger partial charge in [0.15, 0.2) is 0 Å². The number of morpholine rings is 1. The van der Waals surface area contributed by atoms with Gasteiger partial charge in [0.2, 0.25) is 12.3 Å². The van der Waals surface area contributed by atoms with Gasteiger partial charge in [-0.2, -0.15) is 0 Å². The molecule has 2 aromatic heterocycles. The first-order chi connectivity index (χ1) is 16.9. The smallest absolute Gasteiger partial charge is 0.274 e. The highest BCUT2D eigenvalue weighted by Crippen LogP contribution is 2.32. The Hall–Kier alpha value is -3.72. The number of hydrogen-bond donors (Lipinski definition) is 0. The Bertz CT molecular complexity index is 1390. The lowest BCUT2D eigenvalue weighted by molar-refractivity contribution is 0.0843. The minimum atomic E-state index is -1.44. The second-order valence-corrected chi connectivity index (χ2v) is 8.65. The van der Waals surface area contributed by atoms with Gasteiger partial charge in [0.25, 0.3) is 5.56 Å². The van der Waals surface area contributed by atoms with Gasteiger partial charge in [0.05, 0.1) is 30.2 Å². The first-order valence-corrected chi connectivity index (χ1v) is 11.7. The normalized spacial score (nSPS) is 15.8. The molecule has 0 bridgehead atoms. The molecule has 1 aliphatic rings. The summed E-state index contributed by atoms with van der Waals surface area (Å²) in [6.45, 7) is 6.20. The second-order valence-electron chi connectivity index (χ2n) is 8.65. The maximum absolute atomic E-state index is 13.7. The van der Waals surface area contributed by atoms with Crippen LogP contribution in [0.15, 0.2) is 59.7 Å². The van der Waals surface area contributed by atoms with Crippen molar-refractivity contribution in [3.05, 3.63) is 70.8 Å². The third-order valence-electron chi connectivity index (χ3n) is 6.38. The van der Waals surface area contributed by atoms with Gasteiger partial charge in [-0.15, -0.1) is 0 Å². The van der Waals surface area contributed by atoms with Crippen molar-refractivity contribution in [1.29, 1.82) is 0 Å². The van der Waals surface area contributed by atoms with Crippen molar-refractivity contribution in [1.82, 2.24) is 19.3 Å². The summed E-state index contributed by atoms with van der Waals surface area (Å²) in [6, 6.07) is 12.7. The molecule has 0 radical (unpaired) electrons. The summed E-state index contributed by atoms with van der Waals surface area (Å²) in [7, 11) is 1.74. The molecule has 8 nitrogen and oxygen atoms in total. The highest BCUT2D eigenvalue weighted by atomic mass is 19.1. The quantitative estimate of drug-likeness (QED) is 0.419. The first kappa shape index (κ1) is 23.0. The van der Waals surface area contributed by atoms with Crippen molar-refractivity contribution in [3.63, 3.8) is 0 Å². The van der Waals surface area contributed by atoms with E-state index in [9.17, 15) is 9.18 Å². The summed E-state index contributed by atoms with van der Waals surface area (Å²) in [5.41, 5.74) is 3.21. The minimum Gasteiger partial charge on any atom is -0.460 e. The molecular weight excluding hydrogens is 449 g/mol. The van der Waals surface area contributed by atoms with Crippen LogP contribution in [0, 0.1) is 0 Å². The van der Waals surface area contributed by atoms with Gasteiger partial charge in [0, 0.05) is 50.6 Å². The van der Waals surface area contributed by atoms with Gasteiger partial charge in [-0.3, -0.25) is 14.2 Å². The van der Waals surface area contributed by atoms with Crippen molar-refractivity contribution in [2.45, 2.75) is 26.2 Å². The van der Waals surface area contributed by atoms with E-state index in [0.717, 1.165) is 35.3 Å². The summed E-state index contributed by atoms with van der Waals surface area (Å²) >= 11 is 0. The molecule has 182 valence electrons. The predicted octanol–water partition coefficient (Wildman–Crippen LogP) is 3.94. The molecule has 2 aromatic carbocycles. The Labute approximate surface area is 202 Å². The topological polar surface area (TPSA) is 74.4 Å². The van der Waals surface area contributed by atoms with Crippen molar-refractivity contribution in [2.75, 3.05) is 31.2 Å². The minimum absolute atomic E-state index is 0.102. The average molecular weight is 478 g/mol. The Balaban J connectivity index is 1.54. The highest BCUT2D eigenvalue weighted by molar-refractivity contribution is 5.84. The van der Waals surface area contributed by atoms with E-state index >= 15 is 0 Å². The van der Waals surface area contributed by atoms with Gasteiger partial charge in [-0.25, -0.2) is 14.4 Å². The molecule has 3 heterocycles. The molecule has 1 fully saturated rings. The lowest BCUT2D eigenvalue weighted by atomic mass is 10.1. The number of halogens is 1. The van der Waals surface area contributed by atoms with E-state index in [1.807, 2.05) is 41.9 Å². The zero-order valence-corrected chi connectivity index (χ0v) is 20.0. The number of hydrogen-bond acceptors (Lipinski definition) is 6. The summed E-state index contributed by atoms with van der Waals surface area (Å²) in [5.74, 6) is 1.13. The molecule has 0 saturated carbocycles. The van der Waals surface area contributed by atoms with E-state index in [-0.39, 0.29) is 11.6 Å². The molecule has 9 heteroatoms. The number of fused-ring (bicyclic) bond motifs is 1. The Morgan fingerprint density at radius 1 is 1.03 bits per heavy atom. The fraction of sp³-hybridized carbons (Fsp3) is 0.346. The van der Waals surface area contributed by atoms with E-state index in [0.29, 0.717) is 30.3 Å². The zero-order chi connectivity index (χ0) is 24.5. The van der Waals surface area contributed by atoms with E-state index in [1.165, 1.54) is 6.92 Å². The standard InChI is InChI=1S/C26H28FN5O3/c1-17(21-6-4-5-7-24(21)35-18(2)27)32-23-14-19(8-9-22(23)25(33)30(32)3)20-15-28-26(29-16-20)31-10-12-34-13-11-31/h4-9,14-18H,10-13H2,1-3H3. The van der Waals surface area contributed by atoms with Crippen LogP contribution < -0.4 is 15.2 Å². The molecule has 0 aliphatic carbocycles. The average Bonchev–Trinajstić information content (AvgIpc) is 3.13. The number of anilines is 1. The Morgan fingerprint density at radius 3 is 2.46 bits per heavy atom. The maximum atomic E-state index is 13.7. The highest BCUT2D eigenvalue weighted by Gasteiger charge is 2.21. The molecule has 4 aromatic rings. The second kappa shape index (κ2) is 9.50. The number of benzene rings is 2. The molecule has 1 saturated heterocycles. The van der Waals surface area contributed by atoms with Crippen LogP contribution in [0.3, 0.4) is 0 Å². The number of aromatic nitrogens is 4. The zero-order valence-electron chi connectivity index (χ0n) is 20.0. The maximum Gasteiger partial charge on any atom is 0.274 e. The molecule has 2 unspecified atom stereocenters. The number of alkyl halides is 1.